The number of halogens is 4. The quantitative estimate of drug-likeness (QED) is 0.696. The van der Waals surface area contributed by atoms with Gasteiger partial charge in [-0.1, -0.05) is 13.8 Å². The van der Waals surface area contributed by atoms with E-state index in [1.807, 2.05) is 0 Å². The Labute approximate surface area is 132 Å². The number of amides is 2. The van der Waals surface area contributed by atoms with Gasteiger partial charge in [0.15, 0.2) is 0 Å². The summed E-state index contributed by atoms with van der Waals surface area (Å²) in [5, 5.41) is 0. The van der Waals surface area contributed by atoms with Crippen LogP contribution in [-0.2, 0) is 9.59 Å². The van der Waals surface area contributed by atoms with E-state index in [1.54, 1.807) is 0 Å². The van der Waals surface area contributed by atoms with Gasteiger partial charge in [-0.3, -0.25) is 9.59 Å². The minimum atomic E-state index is -2.94. The molecule has 2 saturated carbocycles. The fourth-order valence-electron chi connectivity index (χ4n) is 2.96. The average molecular weight is 338 g/mol. The van der Waals surface area contributed by atoms with Crippen LogP contribution in [0.3, 0.4) is 0 Å². The van der Waals surface area contributed by atoms with E-state index >= 15 is 0 Å². The first-order valence-electron chi connectivity index (χ1n) is 7.69. The summed E-state index contributed by atoms with van der Waals surface area (Å²) >= 11 is 0. The zero-order chi connectivity index (χ0) is 17.7. The zero-order valence-corrected chi connectivity index (χ0v) is 13.7. The summed E-state index contributed by atoms with van der Waals surface area (Å²) in [6, 6.07) is 0. The van der Waals surface area contributed by atoms with Crippen LogP contribution in [0.5, 0.6) is 0 Å². The first-order valence-corrected chi connectivity index (χ1v) is 7.69. The van der Waals surface area contributed by atoms with Gasteiger partial charge >= 0.3 is 0 Å². The number of nitrogens with zero attached hydrogens (tertiary/aromatic N) is 2. The highest BCUT2D eigenvalue weighted by molar-refractivity contribution is 5.84. The Bertz CT molecular complexity index is 468. The molecule has 0 N–H and O–H groups in total. The minimum Gasteiger partial charge on any atom is -0.345 e. The highest BCUT2D eigenvalue weighted by atomic mass is 19.3. The van der Waals surface area contributed by atoms with Crippen LogP contribution in [-0.4, -0.2) is 60.6 Å². The van der Waals surface area contributed by atoms with Gasteiger partial charge in [-0.2, -0.15) is 0 Å². The number of hydrogen-bond acceptors (Lipinski definition) is 2. The third kappa shape index (κ3) is 3.04. The molecular formula is C15H22F4N2O2. The van der Waals surface area contributed by atoms with Gasteiger partial charge in [0, 0.05) is 39.0 Å². The fourth-order valence-corrected chi connectivity index (χ4v) is 2.96. The van der Waals surface area contributed by atoms with Crippen molar-refractivity contribution >= 4 is 11.8 Å². The number of alkyl halides is 4. The van der Waals surface area contributed by atoms with Gasteiger partial charge in [0.25, 0.3) is 11.8 Å². The van der Waals surface area contributed by atoms with E-state index in [1.165, 1.54) is 37.7 Å². The molecule has 0 aliphatic heterocycles. The first-order chi connectivity index (χ1) is 10.4. The Morgan fingerprint density at radius 1 is 0.826 bits per heavy atom. The van der Waals surface area contributed by atoms with Crippen LogP contribution in [0.25, 0.3) is 0 Å². The molecule has 0 aromatic rings. The first kappa shape index (κ1) is 18.0. The number of rotatable bonds is 6. The standard InChI is InChI=1S/C15H22F4N2O2/c1-8-10(14(8,16)17)12(22)20(3)6-5-7-21(4)13(23)11-9(2)15(11,18)19/h8-11H,5-7H2,1-4H3/t8-,9+,10-,11-/m1/s1. The maximum absolute atomic E-state index is 13.2. The zero-order valence-electron chi connectivity index (χ0n) is 13.7. The smallest absolute Gasteiger partial charge is 0.263 e. The molecule has 0 aromatic carbocycles. The Morgan fingerprint density at radius 2 is 1.09 bits per heavy atom. The molecule has 2 aliphatic rings. The molecule has 2 aliphatic carbocycles. The summed E-state index contributed by atoms with van der Waals surface area (Å²) in [6.07, 6.45) is 0.351. The summed E-state index contributed by atoms with van der Waals surface area (Å²) in [5.41, 5.74) is 0. The van der Waals surface area contributed by atoms with Crippen molar-refractivity contribution < 1.29 is 27.2 Å². The lowest BCUT2D eigenvalue weighted by Gasteiger charge is -2.21. The second kappa shape index (κ2) is 5.63. The molecule has 4 nitrogen and oxygen atoms in total. The Hall–Kier alpha value is -1.34. The van der Waals surface area contributed by atoms with Crippen molar-refractivity contribution in [3.63, 3.8) is 0 Å². The lowest BCUT2D eigenvalue weighted by molar-refractivity contribution is -0.134. The lowest BCUT2D eigenvalue weighted by Crippen LogP contribution is -2.35. The number of carbonyl (C=O) groups is 2. The molecule has 0 radical (unpaired) electrons. The SMILES string of the molecule is C[C@@H]1[C@H](C(=O)N(C)CCCN(C)C(=O)[C@H]2[C@H](C)C2(F)F)C1(F)F. The molecule has 8 heteroatoms. The average Bonchev–Trinajstić information content (AvgIpc) is 3.16. The fraction of sp³-hybridized carbons (Fsp3) is 0.867. The van der Waals surface area contributed by atoms with Crippen LogP contribution in [0, 0.1) is 23.7 Å². The van der Waals surface area contributed by atoms with Gasteiger partial charge < -0.3 is 9.80 Å². The van der Waals surface area contributed by atoms with Crippen molar-refractivity contribution in [1.29, 1.82) is 0 Å². The number of hydrogen-bond donors (Lipinski definition) is 0. The Morgan fingerprint density at radius 3 is 1.30 bits per heavy atom. The van der Waals surface area contributed by atoms with E-state index in [9.17, 15) is 27.2 Å². The van der Waals surface area contributed by atoms with Gasteiger partial charge in [-0.15, -0.1) is 0 Å². The van der Waals surface area contributed by atoms with Gasteiger partial charge in [0.05, 0.1) is 0 Å². The van der Waals surface area contributed by atoms with Gasteiger partial charge in [-0.25, -0.2) is 17.6 Å². The van der Waals surface area contributed by atoms with Gasteiger partial charge in [0.2, 0.25) is 11.8 Å². The summed E-state index contributed by atoms with van der Waals surface area (Å²) < 4.78 is 52.8. The second-order valence-electron chi connectivity index (χ2n) is 6.75. The van der Waals surface area contributed by atoms with E-state index in [0.717, 1.165) is 0 Å². The van der Waals surface area contributed by atoms with Crippen molar-refractivity contribution in [3.8, 4) is 0 Å². The van der Waals surface area contributed by atoms with Crippen molar-refractivity contribution in [2.24, 2.45) is 23.7 Å². The van der Waals surface area contributed by atoms with Crippen molar-refractivity contribution in [3.05, 3.63) is 0 Å². The van der Waals surface area contributed by atoms with Gasteiger partial charge in [0.1, 0.15) is 11.8 Å². The molecule has 0 spiro atoms. The molecule has 2 amide bonds. The molecule has 0 unspecified atom stereocenters. The highest BCUT2D eigenvalue weighted by Crippen LogP contribution is 2.56. The van der Waals surface area contributed by atoms with E-state index in [-0.39, 0.29) is 13.1 Å². The van der Waals surface area contributed by atoms with Crippen LogP contribution < -0.4 is 0 Å². The maximum atomic E-state index is 13.2. The molecule has 0 aromatic heterocycles. The topological polar surface area (TPSA) is 40.6 Å². The van der Waals surface area contributed by atoms with Crippen molar-refractivity contribution in [2.75, 3.05) is 27.2 Å². The van der Waals surface area contributed by atoms with Crippen LogP contribution in [0.1, 0.15) is 20.3 Å². The normalized spacial score (nSPS) is 33.0. The van der Waals surface area contributed by atoms with Crippen molar-refractivity contribution in [1.82, 2.24) is 9.80 Å². The van der Waals surface area contributed by atoms with Crippen LogP contribution in [0.4, 0.5) is 17.6 Å². The maximum Gasteiger partial charge on any atom is 0.263 e. The molecule has 0 bridgehead atoms. The molecule has 132 valence electrons. The molecular weight excluding hydrogens is 316 g/mol. The van der Waals surface area contributed by atoms with Crippen LogP contribution >= 0.6 is 0 Å². The predicted octanol–water partition coefficient (Wildman–Crippen LogP) is 2.10. The third-order valence-corrected chi connectivity index (χ3v) is 5.10. The number of carbonyl (C=O) groups excluding carboxylic acids is 2. The van der Waals surface area contributed by atoms with E-state index < -0.39 is 47.3 Å². The Kier molecular flexibility index (Phi) is 4.41. The van der Waals surface area contributed by atoms with Gasteiger partial charge in [-0.05, 0) is 6.42 Å². The molecule has 23 heavy (non-hydrogen) atoms. The molecule has 2 rings (SSSR count). The molecule has 0 saturated heterocycles. The van der Waals surface area contributed by atoms with Crippen LogP contribution in [0.15, 0.2) is 0 Å². The summed E-state index contributed by atoms with van der Waals surface area (Å²) in [4.78, 5) is 26.1. The summed E-state index contributed by atoms with van der Waals surface area (Å²) in [6.45, 7) is 3.07. The third-order valence-electron chi connectivity index (χ3n) is 5.10. The summed E-state index contributed by atoms with van der Waals surface area (Å²) in [5.74, 6) is -11.5. The second-order valence-corrected chi connectivity index (χ2v) is 6.75. The van der Waals surface area contributed by atoms with E-state index in [2.05, 4.69) is 0 Å². The predicted molar refractivity (Wildman–Crippen MR) is 75.1 cm³/mol. The largest absolute Gasteiger partial charge is 0.345 e. The van der Waals surface area contributed by atoms with Crippen LogP contribution in [0.2, 0.25) is 0 Å². The molecule has 4 atom stereocenters. The summed E-state index contributed by atoms with van der Waals surface area (Å²) in [7, 11) is 2.87. The lowest BCUT2D eigenvalue weighted by atomic mass is 10.2. The highest BCUT2D eigenvalue weighted by Gasteiger charge is 2.70. The molecule has 2 fully saturated rings. The van der Waals surface area contributed by atoms with Crippen molar-refractivity contribution in [2.45, 2.75) is 32.1 Å². The minimum absolute atomic E-state index is 0.201. The molecule has 0 heterocycles. The van der Waals surface area contributed by atoms with E-state index in [0.29, 0.717) is 6.42 Å². The monoisotopic (exact) mass is 338 g/mol. The Balaban J connectivity index is 1.73. The van der Waals surface area contributed by atoms with E-state index in [4.69, 9.17) is 0 Å².